The molecule has 192 valence electrons. The van der Waals surface area contributed by atoms with Crippen molar-refractivity contribution < 1.29 is 29.0 Å². The Kier molecular flexibility index (Phi) is 8.02. The fourth-order valence-electron chi connectivity index (χ4n) is 5.79. The van der Waals surface area contributed by atoms with E-state index in [9.17, 15) is 14.4 Å². The molecule has 35 heavy (non-hydrogen) atoms. The number of hydrogen-bond donors (Lipinski definition) is 3. The predicted molar refractivity (Wildman–Crippen MR) is 133 cm³/mol. The van der Waals surface area contributed by atoms with Crippen molar-refractivity contribution in [1.29, 1.82) is 0 Å². The molecule has 0 radical (unpaired) electrons. The van der Waals surface area contributed by atoms with Crippen LogP contribution in [0.5, 0.6) is 5.75 Å². The van der Waals surface area contributed by atoms with Gasteiger partial charge in [0.2, 0.25) is 17.7 Å². The largest absolute Gasteiger partial charge is 0.497 e. The number of rotatable bonds is 11. The summed E-state index contributed by atoms with van der Waals surface area (Å²) in [6, 6.07) is 6.14. The number of amides is 3. The van der Waals surface area contributed by atoms with Crippen molar-refractivity contribution >= 4 is 39.3 Å². The van der Waals surface area contributed by atoms with Gasteiger partial charge in [0, 0.05) is 30.2 Å². The molecule has 2 bridgehead atoms. The number of anilines is 1. The molecule has 3 aliphatic heterocycles. The van der Waals surface area contributed by atoms with Crippen molar-refractivity contribution in [3.05, 3.63) is 24.3 Å². The second-order valence-electron chi connectivity index (χ2n) is 9.49. The SMILES string of the molecule is CCCNC(=O)[C@H]1[C@@H]2OC3(CC2Br)C(C(=O)Nc2ccc(OC)cc2)N(CCCCCO)C(=O)[C@H]13. The predicted octanol–water partition coefficient (Wildman–Crippen LogP) is 2.07. The van der Waals surface area contributed by atoms with Crippen molar-refractivity contribution in [3.8, 4) is 5.75 Å². The van der Waals surface area contributed by atoms with Crippen LogP contribution in [0.3, 0.4) is 0 Å². The first-order valence-electron chi connectivity index (χ1n) is 12.3. The number of aliphatic hydroxyl groups is 1. The van der Waals surface area contributed by atoms with E-state index in [0.717, 1.165) is 12.8 Å². The Labute approximate surface area is 214 Å². The molecule has 6 atom stereocenters. The smallest absolute Gasteiger partial charge is 0.250 e. The summed E-state index contributed by atoms with van der Waals surface area (Å²) in [6.45, 7) is 2.94. The number of nitrogens with one attached hydrogen (secondary N) is 2. The van der Waals surface area contributed by atoms with Gasteiger partial charge in [-0.1, -0.05) is 22.9 Å². The van der Waals surface area contributed by atoms with Crippen molar-refractivity contribution in [2.24, 2.45) is 11.8 Å². The lowest BCUT2D eigenvalue weighted by Gasteiger charge is -2.34. The van der Waals surface area contributed by atoms with Gasteiger partial charge in [0.1, 0.15) is 17.4 Å². The Morgan fingerprint density at radius 3 is 2.63 bits per heavy atom. The third kappa shape index (κ3) is 4.68. The minimum atomic E-state index is -1.07. The van der Waals surface area contributed by atoms with E-state index in [1.54, 1.807) is 36.3 Å². The number of benzene rings is 1. The zero-order valence-electron chi connectivity index (χ0n) is 20.2. The van der Waals surface area contributed by atoms with Gasteiger partial charge in [-0.2, -0.15) is 0 Å². The standard InChI is InChI=1S/C25H34BrN3O6/c1-3-11-27-22(31)18-19-24(33)29(12-5-4-6-13-30)21(25(19)14-17(26)20(18)35-25)23(32)28-15-7-9-16(34-2)10-8-15/h7-10,17-21,30H,3-6,11-14H2,1-2H3,(H,27,31)(H,28,32)/t17?,18-,19+,20-,21?,25?/m1/s1. The van der Waals surface area contributed by atoms with Crippen LogP contribution in [-0.4, -0.2) is 77.1 Å². The van der Waals surface area contributed by atoms with Gasteiger partial charge in [-0.05, 0) is 56.4 Å². The van der Waals surface area contributed by atoms with Crippen LogP contribution in [0.15, 0.2) is 24.3 Å². The average Bonchev–Trinajstić information content (AvgIpc) is 3.44. The molecule has 0 aliphatic carbocycles. The quantitative estimate of drug-likeness (QED) is 0.286. The summed E-state index contributed by atoms with van der Waals surface area (Å²) in [5, 5.41) is 15.0. The van der Waals surface area contributed by atoms with Crippen molar-refractivity contribution in [1.82, 2.24) is 10.2 Å². The topological polar surface area (TPSA) is 117 Å². The van der Waals surface area contributed by atoms with Gasteiger partial charge < -0.3 is 30.1 Å². The number of carbonyl (C=O) groups excluding carboxylic acids is 3. The number of halogens is 1. The number of likely N-dealkylation sites (tertiary alicyclic amines) is 1. The normalized spacial score (nSPS) is 30.9. The molecule has 1 aromatic rings. The number of alkyl halides is 1. The average molecular weight is 552 g/mol. The molecule has 10 heteroatoms. The number of methoxy groups -OCH3 is 1. The van der Waals surface area contributed by atoms with Gasteiger partial charge in [-0.15, -0.1) is 0 Å². The highest BCUT2D eigenvalue weighted by Gasteiger charge is 2.76. The Balaban J connectivity index is 1.64. The first kappa shape index (κ1) is 25.9. The van der Waals surface area contributed by atoms with Crippen LogP contribution >= 0.6 is 15.9 Å². The van der Waals surface area contributed by atoms with Gasteiger partial charge in [0.25, 0.3) is 0 Å². The van der Waals surface area contributed by atoms with E-state index in [4.69, 9.17) is 14.6 Å². The number of carbonyl (C=O) groups is 3. The molecular weight excluding hydrogens is 518 g/mol. The molecule has 3 aliphatic rings. The summed E-state index contributed by atoms with van der Waals surface area (Å²) in [5.74, 6) is -1.42. The Morgan fingerprint density at radius 2 is 1.97 bits per heavy atom. The van der Waals surface area contributed by atoms with Crippen LogP contribution in [0.1, 0.15) is 39.0 Å². The summed E-state index contributed by atoms with van der Waals surface area (Å²) in [4.78, 5) is 42.1. The summed E-state index contributed by atoms with van der Waals surface area (Å²) in [7, 11) is 1.57. The fourth-order valence-corrected chi connectivity index (χ4v) is 6.73. The third-order valence-electron chi connectivity index (χ3n) is 7.30. The van der Waals surface area contributed by atoms with Crippen LogP contribution in [0.25, 0.3) is 0 Å². The molecular formula is C25H34BrN3O6. The highest BCUT2D eigenvalue weighted by Crippen LogP contribution is 2.60. The minimum absolute atomic E-state index is 0.0810. The van der Waals surface area contributed by atoms with Crippen LogP contribution in [-0.2, 0) is 19.1 Å². The van der Waals surface area contributed by atoms with Crippen molar-refractivity contribution in [3.63, 3.8) is 0 Å². The summed E-state index contributed by atoms with van der Waals surface area (Å²) >= 11 is 3.67. The zero-order chi connectivity index (χ0) is 25.2. The van der Waals surface area contributed by atoms with Gasteiger partial charge in [-0.3, -0.25) is 14.4 Å². The first-order valence-corrected chi connectivity index (χ1v) is 13.2. The Bertz CT molecular complexity index is 944. The molecule has 1 aromatic carbocycles. The molecule has 3 amide bonds. The van der Waals surface area contributed by atoms with Gasteiger partial charge in [0.15, 0.2) is 0 Å². The first-order chi connectivity index (χ1) is 16.9. The second-order valence-corrected chi connectivity index (χ2v) is 10.7. The highest BCUT2D eigenvalue weighted by atomic mass is 79.9. The zero-order valence-corrected chi connectivity index (χ0v) is 21.8. The van der Waals surface area contributed by atoms with Gasteiger partial charge >= 0.3 is 0 Å². The second kappa shape index (κ2) is 10.8. The van der Waals surface area contributed by atoms with Crippen LogP contribution in [0.2, 0.25) is 0 Å². The molecule has 1 spiro atoms. The van der Waals surface area contributed by atoms with E-state index in [1.165, 1.54) is 0 Å². The number of hydrogen-bond acceptors (Lipinski definition) is 6. The molecule has 3 fully saturated rings. The molecule has 3 heterocycles. The van der Waals surface area contributed by atoms with Gasteiger partial charge in [-0.25, -0.2) is 0 Å². The number of ether oxygens (including phenoxy) is 2. The Hall–Kier alpha value is -2.17. The van der Waals surface area contributed by atoms with E-state index in [1.807, 2.05) is 6.92 Å². The van der Waals surface area contributed by atoms with Crippen molar-refractivity contribution in [2.75, 3.05) is 32.1 Å². The molecule has 4 rings (SSSR count). The lowest BCUT2D eigenvalue weighted by atomic mass is 9.70. The number of nitrogens with zero attached hydrogens (tertiary/aromatic N) is 1. The van der Waals surface area contributed by atoms with E-state index in [2.05, 4.69) is 26.6 Å². The maximum Gasteiger partial charge on any atom is 0.250 e. The fraction of sp³-hybridized carbons (Fsp3) is 0.640. The molecule has 3 N–H and O–H groups in total. The summed E-state index contributed by atoms with van der Waals surface area (Å²) in [6.07, 6.45) is 2.80. The van der Waals surface area contributed by atoms with Crippen LogP contribution in [0, 0.1) is 11.8 Å². The monoisotopic (exact) mass is 551 g/mol. The minimum Gasteiger partial charge on any atom is -0.497 e. The van der Waals surface area contributed by atoms with Crippen LogP contribution in [0.4, 0.5) is 5.69 Å². The maximum absolute atomic E-state index is 13.8. The van der Waals surface area contributed by atoms with E-state index in [0.29, 0.717) is 43.8 Å². The highest BCUT2D eigenvalue weighted by molar-refractivity contribution is 9.09. The number of unbranched alkanes of at least 4 members (excludes halogenated alkanes) is 2. The Morgan fingerprint density at radius 1 is 1.23 bits per heavy atom. The number of fused-ring (bicyclic) bond motifs is 1. The molecule has 9 nitrogen and oxygen atoms in total. The molecule has 0 saturated carbocycles. The third-order valence-corrected chi connectivity index (χ3v) is 8.15. The van der Waals surface area contributed by atoms with E-state index in [-0.39, 0.29) is 29.2 Å². The summed E-state index contributed by atoms with van der Waals surface area (Å²) < 4.78 is 11.6. The molecule has 0 aromatic heterocycles. The van der Waals surface area contributed by atoms with E-state index < -0.39 is 29.6 Å². The molecule has 3 unspecified atom stereocenters. The maximum atomic E-state index is 13.8. The lowest BCUT2D eigenvalue weighted by Crippen LogP contribution is -2.54. The lowest BCUT2D eigenvalue weighted by molar-refractivity contribution is -0.140. The van der Waals surface area contributed by atoms with Gasteiger partial charge in [0.05, 0.1) is 25.0 Å². The van der Waals surface area contributed by atoms with Crippen molar-refractivity contribution in [2.45, 2.75) is 61.6 Å². The van der Waals surface area contributed by atoms with Crippen LogP contribution < -0.4 is 15.4 Å². The summed E-state index contributed by atoms with van der Waals surface area (Å²) in [5.41, 5.74) is -0.485. The molecule has 3 saturated heterocycles. The number of aliphatic hydroxyl groups excluding tert-OH is 1. The van der Waals surface area contributed by atoms with E-state index >= 15 is 0 Å².